The van der Waals surface area contributed by atoms with Gasteiger partial charge in [0.05, 0.1) is 28.3 Å². The van der Waals surface area contributed by atoms with Gasteiger partial charge >= 0.3 is 0 Å². The molecule has 0 amide bonds. The fourth-order valence-electron chi connectivity index (χ4n) is 7.07. The molecule has 2 aliphatic heterocycles. The van der Waals surface area contributed by atoms with Crippen molar-refractivity contribution in [3.05, 3.63) is 80.4 Å². The van der Waals surface area contributed by atoms with Gasteiger partial charge < -0.3 is 14.4 Å². The summed E-state index contributed by atoms with van der Waals surface area (Å²) in [6.45, 7) is 22.0. The first-order valence-electron chi connectivity index (χ1n) is 15.9. The maximum atomic E-state index is 6.56. The second-order valence-electron chi connectivity index (χ2n) is 12.1. The molecule has 4 aromatic heterocycles. The highest BCUT2D eigenvalue weighted by atomic mass is 16.3. The molecule has 0 unspecified atom stereocenters. The molecule has 5 nitrogen and oxygen atoms in total. The van der Waals surface area contributed by atoms with Crippen LogP contribution in [0.1, 0.15) is 111 Å². The molecule has 222 valence electrons. The molecule has 0 spiro atoms. The first-order valence-corrected chi connectivity index (χ1v) is 15.9. The predicted octanol–water partition coefficient (Wildman–Crippen LogP) is 10.7. The molecule has 43 heavy (non-hydrogen) atoms. The Labute approximate surface area is 254 Å². The van der Waals surface area contributed by atoms with Crippen molar-refractivity contribution in [2.75, 3.05) is 0 Å². The molecule has 6 heterocycles. The number of nitrogens with zero attached hydrogens (tertiary/aromatic N) is 2. The van der Waals surface area contributed by atoms with E-state index in [1.165, 1.54) is 44.5 Å². The molecule has 6 rings (SSSR count). The Morgan fingerprint density at radius 3 is 1.77 bits per heavy atom. The van der Waals surface area contributed by atoms with Crippen LogP contribution in [-0.2, 0) is 12.8 Å². The minimum atomic E-state index is 0.869. The summed E-state index contributed by atoms with van der Waals surface area (Å²) in [6, 6.07) is 8.78. The summed E-state index contributed by atoms with van der Waals surface area (Å²) in [4.78, 5) is 18.0. The molecular weight excluding hydrogens is 528 g/mol. The SMILES string of the molecule is CCC1=C(C)c2cc3nc(c4[nH]c(cc5[nH]c(cc6oc(cc1n2)c(C)c6C)c(CC)c5C)c(CC)c4C)C(C)=C3CC. The molecule has 10 bridgehead atoms. The summed E-state index contributed by atoms with van der Waals surface area (Å²) < 4.78 is 6.56. The van der Waals surface area contributed by atoms with E-state index >= 15 is 0 Å². The third-order valence-electron chi connectivity index (χ3n) is 9.88. The highest BCUT2D eigenvalue weighted by Gasteiger charge is 2.22. The highest BCUT2D eigenvalue weighted by molar-refractivity contribution is 5.98. The number of furan rings is 1. The number of aromatic amines is 2. The Morgan fingerprint density at radius 1 is 0.535 bits per heavy atom. The smallest absolute Gasteiger partial charge is 0.132 e. The average molecular weight is 573 g/mol. The van der Waals surface area contributed by atoms with Crippen LogP contribution in [0, 0.1) is 27.7 Å². The Kier molecular flexibility index (Phi) is 7.32. The summed E-state index contributed by atoms with van der Waals surface area (Å²) in [7, 11) is 0. The monoisotopic (exact) mass is 572 g/mol. The van der Waals surface area contributed by atoms with Crippen molar-refractivity contribution in [1.82, 2.24) is 19.9 Å². The Hall–Kier alpha value is -4.12. The van der Waals surface area contributed by atoms with Crippen LogP contribution >= 0.6 is 0 Å². The number of hydrogen-bond donors (Lipinski definition) is 2. The lowest BCUT2D eigenvalue weighted by Gasteiger charge is -2.01. The van der Waals surface area contributed by atoms with Gasteiger partial charge in [-0.25, -0.2) is 9.97 Å². The summed E-state index contributed by atoms with van der Waals surface area (Å²) >= 11 is 0. The van der Waals surface area contributed by atoms with Crippen LogP contribution in [0.15, 0.2) is 28.7 Å². The van der Waals surface area contributed by atoms with E-state index in [4.69, 9.17) is 14.4 Å². The molecule has 0 saturated carbocycles. The normalized spacial score (nSPS) is 13.5. The quantitative estimate of drug-likeness (QED) is 0.255. The number of aryl methyl sites for hydroxylation is 6. The molecule has 0 fully saturated rings. The van der Waals surface area contributed by atoms with E-state index in [1.54, 1.807) is 0 Å². The number of fused-ring (bicyclic) bond motifs is 11. The molecule has 0 saturated heterocycles. The number of nitrogens with one attached hydrogen (secondary N) is 2. The molecule has 0 aromatic carbocycles. The minimum Gasteiger partial charge on any atom is -0.457 e. The maximum Gasteiger partial charge on any atom is 0.132 e. The van der Waals surface area contributed by atoms with E-state index in [-0.39, 0.29) is 0 Å². The zero-order chi connectivity index (χ0) is 30.7. The van der Waals surface area contributed by atoms with Gasteiger partial charge in [0.2, 0.25) is 0 Å². The van der Waals surface area contributed by atoms with Crippen molar-refractivity contribution < 1.29 is 4.42 Å². The Balaban J connectivity index is 1.84. The van der Waals surface area contributed by atoms with Gasteiger partial charge in [0.15, 0.2) is 0 Å². The molecule has 4 aromatic rings. The van der Waals surface area contributed by atoms with Crippen LogP contribution in [-0.4, -0.2) is 19.9 Å². The lowest BCUT2D eigenvalue weighted by molar-refractivity contribution is 0.663. The van der Waals surface area contributed by atoms with Crippen molar-refractivity contribution in [2.24, 2.45) is 0 Å². The van der Waals surface area contributed by atoms with Crippen molar-refractivity contribution in [3.63, 3.8) is 0 Å². The first kappa shape index (κ1) is 29.0. The van der Waals surface area contributed by atoms with E-state index in [2.05, 4.69) is 103 Å². The van der Waals surface area contributed by atoms with E-state index in [1.807, 2.05) is 0 Å². The number of hydrogen-bond acceptors (Lipinski definition) is 3. The van der Waals surface area contributed by atoms with E-state index in [0.717, 1.165) is 92.8 Å². The van der Waals surface area contributed by atoms with Crippen molar-refractivity contribution >= 4 is 55.5 Å². The van der Waals surface area contributed by atoms with E-state index in [9.17, 15) is 0 Å². The Morgan fingerprint density at radius 2 is 1.12 bits per heavy atom. The van der Waals surface area contributed by atoms with Crippen LogP contribution in [0.5, 0.6) is 0 Å². The van der Waals surface area contributed by atoms with Crippen LogP contribution in [0.2, 0.25) is 0 Å². The average Bonchev–Trinajstić information content (AvgIpc) is 3.72. The lowest BCUT2D eigenvalue weighted by atomic mass is 10.0. The fraction of sp³-hybridized carbons (Fsp3) is 0.368. The molecule has 5 heteroatoms. The van der Waals surface area contributed by atoms with Gasteiger partial charge in [-0.1, -0.05) is 27.7 Å². The zero-order valence-electron chi connectivity index (χ0n) is 27.4. The minimum absolute atomic E-state index is 0.869. The number of rotatable bonds is 4. The lowest BCUT2D eigenvalue weighted by Crippen LogP contribution is -1.84. The van der Waals surface area contributed by atoms with Gasteiger partial charge in [0.1, 0.15) is 11.2 Å². The molecule has 2 aliphatic rings. The van der Waals surface area contributed by atoms with Crippen molar-refractivity contribution in [2.45, 2.75) is 94.9 Å². The topological polar surface area (TPSA) is 70.5 Å². The third-order valence-corrected chi connectivity index (χ3v) is 9.88. The van der Waals surface area contributed by atoms with Crippen LogP contribution in [0.4, 0.5) is 0 Å². The molecular formula is C38H44N4O. The Bertz CT molecular complexity index is 2070. The molecule has 0 radical (unpaired) electrons. The van der Waals surface area contributed by atoms with Crippen molar-refractivity contribution in [1.29, 1.82) is 0 Å². The number of aromatic nitrogens is 4. The number of allylic oxidation sites excluding steroid dienone is 4. The largest absolute Gasteiger partial charge is 0.457 e. The zero-order valence-corrected chi connectivity index (χ0v) is 27.4. The van der Waals surface area contributed by atoms with Gasteiger partial charge in [0, 0.05) is 28.7 Å². The van der Waals surface area contributed by atoms with Gasteiger partial charge in [-0.05, 0) is 135 Å². The second-order valence-corrected chi connectivity index (χ2v) is 12.1. The number of H-pyrrole nitrogens is 2. The van der Waals surface area contributed by atoms with Gasteiger partial charge in [-0.3, -0.25) is 0 Å². The molecule has 0 aliphatic carbocycles. The molecule has 2 N–H and O–H groups in total. The van der Waals surface area contributed by atoms with Gasteiger partial charge in [-0.15, -0.1) is 0 Å². The fourth-order valence-corrected chi connectivity index (χ4v) is 7.07. The summed E-state index contributed by atoms with van der Waals surface area (Å²) in [5.41, 5.74) is 22.8. The maximum absolute atomic E-state index is 6.56. The summed E-state index contributed by atoms with van der Waals surface area (Å²) in [5.74, 6) is 0. The van der Waals surface area contributed by atoms with Gasteiger partial charge in [0.25, 0.3) is 0 Å². The first-order chi connectivity index (χ1) is 20.6. The van der Waals surface area contributed by atoms with Crippen molar-refractivity contribution in [3.8, 4) is 0 Å². The highest BCUT2D eigenvalue weighted by Crippen LogP contribution is 2.38. The summed E-state index contributed by atoms with van der Waals surface area (Å²) in [5, 5.41) is 0. The standard InChI is InChI=1S/C38H44N4O/c1-11-25-21(7)29-15-31-27(13-3)23(9)37(41-31)38-24(10)28(14-4)32(42-38)16-30-22(8)26(12-2)34(40-30)18-36-20(6)19(5)35(43-36)17-33(25)39-29/h15-18,39,41H,11-14H2,1-10H3. The van der Waals surface area contributed by atoms with E-state index < -0.39 is 0 Å². The third kappa shape index (κ3) is 4.52. The van der Waals surface area contributed by atoms with Crippen LogP contribution in [0.3, 0.4) is 0 Å². The van der Waals surface area contributed by atoms with Crippen LogP contribution < -0.4 is 0 Å². The summed E-state index contributed by atoms with van der Waals surface area (Å²) in [6.07, 6.45) is 3.69. The van der Waals surface area contributed by atoms with E-state index in [0.29, 0.717) is 0 Å². The van der Waals surface area contributed by atoms with Gasteiger partial charge in [-0.2, -0.15) is 0 Å². The predicted molar refractivity (Wildman–Crippen MR) is 183 cm³/mol. The van der Waals surface area contributed by atoms with Crippen LogP contribution in [0.25, 0.3) is 55.5 Å². The second kappa shape index (κ2) is 10.9. The molecule has 0 atom stereocenters.